The van der Waals surface area contributed by atoms with E-state index in [2.05, 4.69) is 25.7 Å². The highest BCUT2D eigenvalue weighted by Gasteiger charge is 2.20. The van der Waals surface area contributed by atoms with Gasteiger partial charge in [-0.05, 0) is 35.9 Å². The number of nitrogens with zero attached hydrogens (tertiary/aromatic N) is 6. The van der Waals surface area contributed by atoms with E-state index in [1.165, 1.54) is 24.1 Å². The number of rotatable bonds is 5. The molecule has 2 heterocycles. The van der Waals surface area contributed by atoms with Crippen LogP contribution >= 0.6 is 11.6 Å². The molecular weight excluding hydrogens is 408 g/mol. The SMILES string of the molecule is CCN(O)C(=O)NCc1ncc(-c2cc(Cl)cc(F)c2-c2nnn(C)n2)cc1F. The van der Waals surface area contributed by atoms with Crippen LogP contribution in [0, 0.1) is 11.6 Å². The number of amides is 2. The molecule has 0 atom stereocenters. The fourth-order valence-electron chi connectivity index (χ4n) is 2.55. The van der Waals surface area contributed by atoms with Crippen LogP contribution in [-0.4, -0.2) is 48.0 Å². The van der Waals surface area contributed by atoms with E-state index < -0.39 is 17.7 Å². The maximum absolute atomic E-state index is 14.6. The first-order valence-electron chi connectivity index (χ1n) is 8.42. The second-order valence-corrected chi connectivity index (χ2v) is 6.38. The maximum Gasteiger partial charge on any atom is 0.341 e. The molecule has 3 aromatic rings. The third-order valence-corrected chi connectivity index (χ3v) is 4.17. The lowest BCUT2D eigenvalue weighted by Gasteiger charge is -2.14. The van der Waals surface area contributed by atoms with Gasteiger partial charge in [-0.1, -0.05) is 11.6 Å². The van der Waals surface area contributed by atoms with Crippen molar-refractivity contribution < 1.29 is 18.8 Å². The molecule has 9 nitrogen and oxygen atoms in total. The van der Waals surface area contributed by atoms with Gasteiger partial charge in [0.2, 0.25) is 5.82 Å². The molecule has 1 aromatic carbocycles. The van der Waals surface area contributed by atoms with Gasteiger partial charge < -0.3 is 5.32 Å². The minimum Gasteiger partial charge on any atom is -0.330 e. The number of aromatic nitrogens is 5. The van der Waals surface area contributed by atoms with Crippen LogP contribution in [0.25, 0.3) is 22.5 Å². The third kappa shape index (κ3) is 4.46. The van der Waals surface area contributed by atoms with Crippen LogP contribution in [0.15, 0.2) is 24.4 Å². The van der Waals surface area contributed by atoms with Gasteiger partial charge in [0.15, 0.2) is 0 Å². The van der Waals surface area contributed by atoms with Crippen molar-refractivity contribution >= 4 is 17.6 Å². The number of hydrogen-bond donors (Lipinski definition) is 2. The molecule has 0 aliphatic heterocycles. The summed E-state index contributed by atoms with van der Waals surface area (Å²) in [4.78, 5) is 16.7. The minimum atomic E-state index is -0.786. The summed E-state index contributed by atoms with van der Waals surface area (Å²) in [5.41, 5.74) is 0.410. The fourth-order valence-corrected chi connectivity index (χ4v) is 2.76. The quantitative estimate of drug-likeness (QED) is 0.482. The van der Waals surface area contributed by atoms with Crippen molar-refractivity contribution in [3.63, 3.8) is 0 Å². The smallest absolute Gasteiger partial charge is 0.330 e. The molecule has 0 saturated carbocycles. The standard InChI is InChI=1S/C17H16ClF2N7O2/c1-3-27(29)17(28)22-8-14-12(19)4-9(7-21-14)11-5-10(18)6-13(20)15(11)16-23-25-26(2)24-16/h4-7,29H,3,8H2,1-2H3,(H,22,28). The highest BCUT2D eigenvalue weighted by molar-refractivity contribution is 6.31. The van der Waals surface area contributed by atoms with Gasteiger partial charge in [-0.3, -0.25) is 10.2 Å². The summed E-state index contributed by atoms with van der Waals surface area (Å²) < 4.78 is 29.1. The van der Waals surface area contributed by atoms with Crippen LogP contribution in [0.3, 0.4) is 0 Å². The van der Waals surface area contributed by atoms with Gasteiger partial charge in [0, 0.05) is 23.3 Å². The van der Waals surface area contributed by atoms with Crippen molar-refractivity contribution in [2.24, 2.45) is 7.05 Å². The van der Waals surface area contributed by atoms with Crippen LogP contribution in [0.4, 0.5) is 13.6 Å². The Morgan fingerprint density at radius 2 is 2.07 bits per heavy atom. The van der Waals surface area contributed by atoms with E-state index in [4.69, 9.17) is 11.6 Å². The normalized spacial score (nSPS) is 10.8. The highest BCUT2D eigenvalue weighted by Crippen LogP contribution is 2.35. The number of tetrazole rings is 1. The second-order valence-electron chi connectivity index (χ2n) is 5.94. The topological polar surface area (TPSA) is 109 Å². The maximum atomic E-state index is 14.6. The van der Waals surface area contributed by atoms with Gasteiger partial charge in [0.1, 0.15) is 11.6 Å². The Kier molecular flexibility index (Phi) is 5.99. The Morgan fingerprint density at radius 1 is 1.31 bits per heavy atom. The Balaban J connectivity index is 1.95. The summed E-state index contributed by atoms with van der Waals surface area (Å²) in [6, 6.07) is 2.89. The Labute approximate surface area is 168 Å². The van der Waals surface area contributed by atoms with Crippen LogP contribution in [0.5, 0.6) is 0 Å². The molecule has 0 saturated heterocycles. The molecule has 0 unspecified atom stereocenters. The lowest BCUT2D eigenvalue weighted by Crippen LogP contribution is -2.37. The number of benzene rings is 1. The molecule has 2 amide bonds. The van der Waals surface area contributed by atoms with Crippen molar-refractivity contribution in [3.05, 3.63) is 46.7 Å². The van der Waals surface area contributed by atoms with Gasteiger partial charge in [0.25, 0.3) is 0 Å². The molecule has 0 spiro atoms. The third-order valence-electron chi connectivity index (χ3n) is 3.96. The van der Waals surface area contributed by atoms with Crippen LogP contribution in [-0.2, 0) is 13.6 Å². The molecule has 2 aromatic heterocycles. The molecular formula is C17H16ClF2N7O2. The summed E-state index contributed by atoms with van der Waals surface area (Å²) in [6.07, 6.45) is 1.31. The number of hydroxylamine groups is 2. The first kappa shape index (κ1) is 20.6. The predicted octanol–water partition coefficient (Wildman–Crippen LogP) is 2.79. The van der Waals surface area contributed by atoms with Crippen molar-refractivity contribution in [3.8, 4) is 22.5 Å². The van der Waals surface area contributed by atoms with E-state index >= 15 is 0 Å². The van der Waals surface area contributed by atoms with Crippen molar-refractivity contribution in [1.82, 2.24) is 35.6 Å². The van der Waals surface area contributed by atoms with Gasteiger partial charge in [0.05, 0.1) is 24.8 Å². The largest absolute Gasteiger partial charge is 0.341 e. The summed E-state index contributed by atoms with van der Waals surface area (Å²) in [7, 11) is 1.53. The van der Waals surface area contributed by atoms with E-state index in [1.807, 2.05) is 0 Å². The van der Waals surface area contributed by atoms with Gasteiger partial charge in [-0.2, -0.15) is 4.80 Å². The summed E-state index contributed by atoms with van der Waals surface area (Å²) in [6.45, 7) is 1.39. The molecule has 29 heavy (non-hydrogen) atoms. The number of urea groups is 1. The van der Waals surface area contributed by atoms with Crippen LogP contribution in [0.2, 0.25) is 5.02 Å². The number of carbonyl (C=O) groups is 1. The lowest BCUT2D eigenvalue weighted by atomic mass is 9.99. The van der Waals surface area contributed by atoms with Gasteiger partial charge in [-0.15, -0.1) is 10.2 Å². The predicted molar refractivity (Wildman–Crippen MR) is 98.8 cm³/mol. The average molecular weight is 424 g/mol. The average Bonchev–Trinajstić information content (AvgIpc) is 3.11. The summed E-state index contributed by atoms with van der Waals surface area (Å²) in [5.74, 6) is -1.42. The molecule has 12 heteroatoms. The number of carbonyl (C=O) groups excluding carboxylic acids is 1. The number of hydrogen-bond acceptors (Lipinski definition) is 6. The fraction of sp³-hybridized carbons (Fsp3) is 0.235. The van der Waals surface area contributed by atoms with Gasteiger partial charge in [-0.25, -0.2) is 18.6 Å². The zero-order valence-electron chi connectivity index (χ0n) is 15.4. The number of halogens is 3. The number of nitrogens with one attached hydrogen (secondary N) is 1. The van der Waals surface area contributed by atoms with Crippen molar-refractivity contribution in [1.29, 1.82) is 0 Å². The molecule has 0 fully saturated rings. The molecule has 2 N–H and O–H groups in total. The van der Waals surface area contributed by atoms with Gasteiger partial charge >= 0.3 is 6.03 Å². The Hall–Kier alpha value is -3.18. The van der Waals surface area contributed by atoms with E-state index in [1.54, 1.807) is 6.92 Å². The molecule has 0 aliphatic carbocycles. The van der Waals surface area contributed by atoms with E-state index in [0.717, 1.165) is 12.1 Å². The molecule has 0 aliphatic rings. The van der Waals surface area contributed by atoms with E-state index in [9.17, 15) is 18.8 Å². The Bertz CT molecular complexity index is 1060. The minimum absolute atomic E-state index is 0.00335. The van der Waals surface area contributed by atoms with E-state index in [0.29, 0.717) is 5.06 Å². The first-order valence-corrected chi connectivity index (χ1v) is 8.80. The number of pyridine rings is 1. The Morgan fingerprint density at radius 3 is 2.69 bits per heavy atom. The van der Waals surface area contributed by atoms with Crippen LogP contribution in [0.1, 0.15) is 12.6 Å². The molecule has 3 rings (SSSR count). The first-order chi connectivity index (χ1) is 13.8. The highest BCUT2D eigenvalue weighted by atomic mass is 35.5. The number of aryl methyl sites for hydroxylation is 1. The molecule has 0 bridgehead atoms. The second kappa shape index (κ2) is 8.45. The van der Waals surface area contributed by atoms with Crippen LogP contribution < -0.4 is 5.32 Å². The molecule has 0 radical (unpaired) electrons. The van der Waals surface area contributed by atoms with Crippen molar-refractivity contribution in [2.45, 2.75) is 13.5 Å². The summed E-state index contributed by atoms with van der Waals surface area (Å²) in [5, 5.41) is 23.7. The summed E-state index contributed by atoms with van der Waals surface area (Å²) >= 11 is 5.97. The molecule has 152 valence electrons. The van der Waals surface area contributed by atoms with E-state index in [-0.39, 0.29) is 46.3 Å². The zero-order chi connectivity index (χ0) is 21.1. The lowest BCUT2D eigenvalue weighted by molar-refractivity contribution is -0.0386. The van der Waals surface area contributed by atoms with Crippen molar-refractivity contribution in [2.75, 3.05) is 6.54 Å². The zero-order valence-corrected chi connectivity index (χ0v) is 16.2. The monoisotopic (exact) mass is 423 g/mol.